The summed E-state index contributed by atoms with van der Waals surface area (Å²) in [5.41, 5.74) is 0.740. The van der Waals surface area contributed by atoms with Gasteiger partial charge >= 0.3 is 0 Å². The largest absolute Gasteiger partial charge is 0.349 e. The zero-order chi connectivity index (χ0) is 11.7. The minimum atomic E-state index is 0.0367. The van der Waals surface area contributed by atoms with Crippen LogP contribution in [0.5, 0.6) is 0 Å². The first kappa shape index (κ1) is 10.5. The molecule has 1 aromatic carbocycles. The monoisotopic (exact) mass is 243 g/mol. The fraction of sp³-hybridized carbons (Fsp3) is 0.214. The van der Waals surface area contributed by atoms with E-state index in [0.29, 0.717) is 12.0 Å². The molecule has 1 amide bonds. The smallest absolute Gasteiger partial charge is 0.251 e. The van der Waals surface area contributed by atoms with Gasteiger partial charge in [-0.2, -0.15) is 0 Å². The summed E-state index contributed by atoms with van der Waals surface area (Å²) in [6.07, 6.45) is 1.07. The number of amides is 1. The lowest BCUT2D eigenvalue weighted by molar-refractivity contribution is 0.0950. The molecule has 2 atom stereocenters. The maximum absolute atomic E-state index is 11.9. The van der Waals surface area contributed by atoms with Crippen LogP contribution in [0.4, 0.5) is 0 Å². The predicted molar refractivity (Wildman–Crippen MR) is 69.4 cm³/mol. The Kier molecular flexibility index (Phi) is 2.69. The Labute approximate surface area is 104 Å². The average molecular weight is 243 g/mol. The summed E-state index contributed by atoms with van der Waals surface area (Å²) in [7, 11) is 0. The average Bonchev–Trinajstić information content (AvgIpc) is 2.92. The molecule has 0 saturated heterocycles. The number of nitrogens with one attached hydrogen (secondary N) is 1. The van der Waals surface area contributed by atoms with Crippen LogP contribution >= 0.6 is 11.3 Å². The van der Waals surface area contributed by atoms with Gasteiger partial charge in [0.25, 0.3) is 5.91 Å². The first-order chi connectivity index (χ1) is 8.34. The molecule has 3 heteroatoms. The summed E-state index contributed by atoms with van der Waals surface area (Å²) in [5.74, 6) is 0.567. The molecule has 3 rings (SSSR count). The van der Waals surface area contributed by atoms with Crippen LogP contribution in [0.3, 0.4) is 0 Å². The van der Waals surface area contributed by atoms with E-state index in [1.165, 1.54) is 4.88 Å². The third-order valence-electron chi connectivity index (χ3n) is 3.05. The molecule has 17 heavy (non-hydrogen) atoms. The van der Waals surface area contributed by atoms with Crippen molar-refractivity contribution in [3.05, 3.63) is 58.3 Å². The molecule has 2 nitrogen and oxygen atoms in total. The van der Waals surface area contributed by atoms with E-state index < -0.39 is 0 Å². The molecule has 1 heterocycles. The number of rotatable bonds is 3. The fourth-order valence-electron chi connectivity index (χ4n) is 2.01. The second-order valence-corrected chi connectivity index (χ2v) is 5.28. The zero-order valence-corrected chi connectivity index (χ0v) is 10.1. The molecule has 0 bridgehead atoms. The van der Waals surface area contributed by atoms with Gasteiger partial charge in [-0.15, -0.1) is 11.3 Å². The van der Waals surface area contributed by atoms with Gasteiger partial charge in [-0.1, -0.05) is 24.3 Å². The second kappa shape index (κ2) is 4.34. The molecule has 0 spiro atoms. The van der Waals surface area contributed by atoms with E-state index in [0.717, 1.165) is 12.0 Å². The Morgan fingerprint density at radius 2 is 2.00 bits per heavy atom. The lowest BCUT2D eigenvalue weighted by Gasteiger charge is -2.03. The lowest BCUT2D eigenvalue weighted by Crippen LogP contribution is -2.26. The molecule has 86 valence electrons. The number of carbonyl (C=O) groups is 1. The molecule has 0 radical (unpaired) electrons. The van der Waals surface area contributed by atoms with Gasteiger partial charge in [-0.25, -0.2) is 0 Å². The zero-order valence-electron chi connectivity index (χ0n) is 9.30. The summed E-state index contributed by atoms with van der Waals surface area (Å²) in [6.45, 7) is 0. The van der Waals surface area contributed by atoms with E-state index in [1.807, 2.05) is 30.3 Å². The quantitative estimate of drug-likeness (QED) is 0.882. The Morgan fingerprint density at radius 3 is 2.71 bits per heavy atom. The number of thiophene rings is 1. The van der Waals surface area contributed by atoms with E-state index >= 15 is 0 Å². The van der Waals surface area contributed by atoms with Crippen molar-refractivity contribution in [3.8, 4) is 0 Å². The van der Waals surface area contributed by atoms with Crippen LogP contribution in [-0.4, -0.2) is 11.9 Å². The molecular formula is C14H13NOS. The van der Waals surface area contributed by atoms with E-state index in [2.05, 4.69) is 22.8 Å². The minimum absolute atomic E-state index is 0.0367. The first-order valence-electron chi connectivity index (χ1n) is 5.74. The van der Waals surface area contributed by atoms with Crippen LogP contribution in [0, 0.1) is 0 Å². The molecule has 2 aromatic rings. The molecule has 1 fully saturated rings. The van der Waals surface area contributed by atoms with Gasteiger partial charge in [0.15, 0.2) is 0 Å². The highest BCUT2D eigenvalue weighted by atomic mass is 32.1. The van der Waals surface area contributed by atoms with Crippen LogP contribution in [0.1, 0.15) is 27.6 Å². The highest BCUT2D eigenvalue weighted by molar-refractivity contribution is 7.10. The third kappa shape index (κ3) is 2.24. The van der Waals surface area contributed by atoms with Gasteiger partial charge in [0, 0.05) is 22.4 Å². The molecule has 2 unspecified atom stereocenters. The highest BCUT2D eigenvalue weighted by Gasteiger charge is 2.40. The van der Waals surface area contributed by atoms with Crippen molar-refractivity contribution in [1.29, 1.82) is 0 Å². The van der Waals surface area contributed by atoms with Crippen LogP contribution in [0.15, 0.2) is 47.8 Å². The van der Waals surface area contributed by atoms with Gasteiger partial charge in [0.05, 0.1) is 0 Å². The molecule has 1 aromatic heterocycles. The normalized spacial score (nSPS) is 22.1. The third-order valence-corrected chi connectivity index (χ3v) is 4.06. The van der Waals surface area contributed by atoms with E-state index in [4.69, 9.17) is 0 Å². The van der Waals surface area contributed by atoms with Crippen molar-refractivity contribution in [3.63, 3.8) is 0 Å². The van der Waals surface area contributed by atoms with Crippen molar-refractivity contribution in [2.24, 2.45) is 0 Å². The topological polar surface area (TPSA) is 29.1 Å². The maximum Gasteiger partial charge on any atom is 0.251 e. The molecule has 1 N–H and O–H groups in total. The number of benzene rings is 1. The van der Waals surface area contributed by atoms with Gasteiger partial charge in [0.1, 0.15) is 0 Å². The second-order valence-electron chi connectivity index (χ2n) is 4.30. The number of hydrogen-bond acceptors (Lipinski definition) is 2. The van der Waals surface area contributed by atoms with Crippen molar-refractivity contribution < 1.29 is 4.79 Å². The lowest BCUT2D eigenvalue weighted by atomic mass is 10.2. The van der Waals surface area contributed by atoms with Crippen molar-refractivity contribution in [1.82, 2.24) is 5.32 Å². The minimum Gasteiger partial charge on any atom is -0.349 e. The molecule has 0 aliphatic heterocycles. The summed E-state index contributed by atoms with van der Waals surface area (Å²) < 4.78 is 0. The Morgan fingerprint density at radius 1 is 1.18 bits per heavy atom. The Hall–Kier alpha value is -1.61. The molecule has 1 saturated carbocycles. The van der Waals surface area contributed by atoms with Gasteiger partial charge in [-0.3, -0.25) is 4.79 Å². The predicted octanol–water partition coefficient (Wildman–Crippen LogP) is 3.03. The number of hydrogen-bond donors (Lipinski definition) is 1. The van der Waals surface area contributed by atoms with Crippen LogP contribution in [0.25, 0.3) is 0 Å². The Balaban J connectivity index is 1.61. The Bertz CT molecular complexity index is 506. The summed E-state index contributed by atoms with van der Waals surface area (Å²) in [6, 6.07) is 13.9. The van der Waals surface area contributed by atoms with Gasteiger partial charge in [-0.05, 0) is 30.0 Å². The summed E-state index contributed by atoms with van der Waals surface area (Å²) in [5, 5.41) is 5.16. The van der Waals surface area contributed by atoms with Crippen LogP contribution in [-0.2, 0) is 0 Å². The standard InChI is InChI=1S/C14H13NOS/c16-14(10-5-2-1-3-6-10)15-12-9-11(12)13-7-4-8-17-13/h1-8,11-12H,9H2,(H,15,16). The van der Waals surface area contributed by atoms with E-state index in [-0.39, 0.29) is 5.91 Å². The first-order valence-corrected chi connectivity index (χ1v) is 6.62. The molecule has 1 aliphatic rings. The van der Waals surface area contributed by atoms with Gasteiger partial charge < -0.3 is 5.32 Å². The summed E-state index contributed by atoms with van der Waals surface area (Å²) in [4.78, 5) is 13.3. The van der Waals surface area contributed by atoms with Crippen LogP contribution in [0.2, 0.25) is 0 Å². The van der Waals surface area contributed by atoms with E-state index in [9.17, 15) is 4.79 Å². The fourth-order valence-corrected chi connectivity index (χ4v) is 2.92. The van der Waals surface area contributed by atoms with Gasteiger partial charge in [0.2, 0.25) is 0 Å². The summed E-state index contributed by atoms with van der Waals surface area (Å²) >= 11 is 1.77. The molecular weight excluding hydrogens is 230 g/mol. The van der Waals surface area contributed by atoms with Crippen molar-refractivity contribution in [2.75, 3.05) is 0 Å². The van der Waals surface area contributed by atoms with Crippen molar-refractivity contribution in [2.45, 2.75) is 18.4 Å². The maximum atomic E-state index is 11.9. The van der Waals surface area contributed by atoms with Crippen molar-refractivity contribution >= 4 is 17.2 Å². The van der Waals surface area contributed by atoms with Crippen LogP contribution < -0.4 is 5.32 Å². The van der Waals surface area contributed by atoms with E-state index in [1.54, 1.807) is 11.3 Å². The number of carbonyl (C=O) groups excluding carboxylic acids is 1. The molecule has 1 aliphatic carbocycles. The highest BCUT2D eigenvalue weighted by Crippen LogP contribution is 2.42. The SMILES string of the molecule is O=C(NC1CC1c1cccs1)c1ccccc1.